The molecule has 15 heavy (non-hydrogen) atoms. The van der Waals surface area contributed by atoms with E-state index in [2.05, 4.69) is 27.8 Å². The highest BCUT2D eigenvalue weighted by Gasteiger charge is 2.02. The molecule has 0 bridgehead atoms. The van der Waals surface area contributed by atoms with E-state index >= 15 is 0 Å². The summed E-state index contributed by atoms with van der Waals surface area (Å²) in [4.78, 5) is 4.60. The van der Waals surface area contributed by atoms with Crippen molar-refractivity contribution in [2.75, 3.05) is 13.6 Å². The molecular formula is C12H14N2S. The Balaban J connectivity index is 2.14. The third-order valence-corrected chi connectivity index (χ3v) is 3.12. The molecular weight excluding hydrogens is 204 g/mol. The molecule has 1 aromatic heterocycles. The van der Waals surface area contributed by atoms with Gasteiger partial charge in [-0.15, -0.1) is 11.3 Å². The third-order valence-electron chi connectivity index (χ3n) is 2.21. The second kappa shape index (κ2) is 5.05. The highest BCUT2D eigenvalue weighted by molar-refractivity contribution is 7.09. The van der Waals surface area contributed by atoms with Crippen LogP contribution in [0.25, 0.3) is 11.3 Å². The van der Waals surface area contributed by atoms with E-state index in [9.17, 15) is 0 Å². The first kappa shape index (κ1) is 10.3. The Labute approximate surface area is 94.0 Å². The van der Waals surface area contributed by atoms with Gasteiger partial charge in [-0.3, -0.25) is 0 Å². The monoisotopic (exact) mass is 218 g/mol. The lowest BCUT2D eigenvalue weighted by atomic mass is 10.2. The normalized spacial score (nSPS) is 10.5. The zero-order valence-electron chi connectivity index (χ0n) is 8.73. The number of aromatic nitrogens is 1. The van der Waals surface area contributed by atoms with E-state index < -0.39 is 0 Å². The number of hydrogen-bond donors (Lipinski definition) is 1. The SMILES string of the molecule is CNCCc1nc(-c2ccccc2)cs1. The highest BCUT2D eigenvalue weighted by Crippen LogP contribution is 2.21. The van der Waals surface area contributed by atoms with Crippen molar-refractivity contribution >= 4 is 11.3 Å². The minimum absolute atomic E-state index is 0.988. The number of nitrogens with zero attached hydrogens (tertiary/aromatic N) is 1. The number of hydrogen-bond acceptors (Lipinski definition) is 3. The molecule has 0 saturated heterocycles. The minimum atomic E-state index is 0.988. The van der Waals surface area contributed by atoms with Crippen LogP contribution in [0.15, 0.2) is 35.7 Å². The van der Waals surface area contributed by atoms with E-state index in [0.717, 1.165) is 18.7 Å². The summed E-state index contributed by atoms with van der Waals surface area (Å²) in [6, 6.07) is 10.3. The van der Waals surface area contributed by atoms with Crippen molar-refractivity contribution in [2.24, 2.45) is 0 Å². The number of likely N-dealkylation sites (N-methyl/N-ethyl adjacent to an activating group) is 1. The van der Waals surface area contributed by atoms with Crippen molar-refractivity contribution in [3.63, 3.8) is 0 Å². The van der Waals surface area contributed by atoms with Gasteiger partial charge in [-0.25, -0.2) is 4.98 Å². The molecule has 0 aliphatic carbocycles. The van der Waals surface area contributed by atoms with Crippen LogP contribution in [0.2, 0.25) is 0 Å². The fourth-order valence-electron chi connectivity index (χ4n) is 1.40. The Morgan fingerprint density at radius 2 is 2.07 bits per heavy atom. The topological polar surface area (TPSA) is 24.9 Å². The highest BCUT2D eigenvalue weighted by atomic mass is 32.1. The second-order valence-electron chi connectivity index (χ2n) is 3.35. The molecule has 1 heterocycles. The summed E-state index contributed by atoms with van der Waals surface area (Å²) < 4.78 is 0. The van der Waals surface area contributed by atoms with Gasteiger partial charge in [0.25, 0.3) is 0 Å². The maximum atomic E-state index is 4.60. The zero-order chi connectivity index (χ0) is 10.5. The first-order valence-corrected chi connectivity index (χ1v) is 5.92. The molecule has 2 nitrogen and oxygen atoms in total. The summed E-state index contributed by atoms with van der Waals surface area (Å²) in [5.74, 6) is 0. The van der Waals surface area contributed by atoms with Crippen molar-refractivity contribution in [1.29, 1.82) is 0 Å². The molecule has 0 saturated carbocycles. The van der Waals surface area contributed by atoms with Gasteiger partial charge in [0.15, 0.2) is 0 Å². The molecule has 2 aromatic rings. The molecule has 0 unspecified atom stereocenters. The van der Waals surface area contributed by atoms with Crippen LogP contribution in [0.3, 0.4) is 0 Å². The zero-order valence-corrected chi connectivity index (χ0v) is 9.55. The quantitative estimate of drug-likeness (QED) is 0.853. The molecule has 1 N–H and O–H groups in total. The van der Waals surface area contributed by atoms with E-state index in [1.807, 2.05) is 25.2 Å². The van der Waals surface area contributed by atoms with Crippen molar-refractivity contribution in [1.82, 2.24) is 10.3 Å². The molecule has 0 atom stereocenters. The van der Waals surface area contributed by atoms with Crippen LogP contribution >= 0.6 is 11.3 Å². The van der Waals surface area contributed by atoms with Crippen LogP contribution in [0.5, 0.6) is 0 Å². The van der Waals surface area contributed by atoms with Crippen molar-refractivity contribution in [2.45, 2.75) is 6.42 Å². The van der Waals surface area contributed by atoms with Gasteiger partial charge in [0, 0.05) is 23.9 Å². The minimum Gasteiger partial charge on any atom is -0.319 e. The summed E-state index contributed by atoms with van der Waals surface area (Å²) in [5.41, 5.74) is 2.29. The standard InChI is InChI=1S/C12H14N2S/c1-13-8-7-12-14-11(9-15-12)10-5-3-2-4-6-10/h2-6,9,13H,7-8H2,1H3. The van der Waals surface area contributed by atoms with Gasteiger partial charge in [-0.1, -0.05) is 30.3 Å². The lowest BCUT2D eigenvalue weighted by Gasteiger charge is -1.95. The smallest absolute Gasteiger partial charge is 0.0945 e. The van der Waals surface area contributed by atoms with Gasteiger partial charge in [0.2, 0.25) is 0 Å². The molecule has 78 valence electrons. The Kier molecular flexibility index (Phi) is 3.48. The lowest BCUT2D eigenvalue weighted by molar-refractivity contribution is 0.788. The summed E-state index contributed by atoms with van der Waals surface area (Å²) in [6.45, 7) is 0.988. The van der Waals surface area contributed by atoms with Gasteiger partial charge in [0.1, 0.15) is 0 Å². The predicted octanol–water partition coefficient (Wildman–Crippen LogP) is 2.57. The Morgan fingerprint density at radius 3 is 2.80 bits per heavy atom. The van der Waals surface area contributed by atoms with E-state index in [1.165, 1.54) is 10.6 Å². The van der Waals surface area contributed by atoms with Crippen LogP contribution < -0.4 is 5.32 Å². The van der Waals surface area contributed by atoms with Crippen molar-refractivity contribution < 1.29 is 0 Å². The fourth-order valence-corrected chi connectivity index (χ4v) is 2.21. The largest absolute Gasteiger partial charge is 0.319 e. The summed E-state index contributed by atoms with van der Waals surface area (Å²) in [5, 5.41) is 6.45. The fraction of sp³-hybridized carbons (Fsp3) is 0.250. The maximum Gasteiger partial charge on any atom is 0.0945 e. The van der Waals surface area contributed by atoms with Gasteiger partial charge in [0.05, 0.1) is 10.7 Å². The Morgan fingerprint density at radius 1 is 1.27 bits per heavy atom. The van der Waals surface area contributed by atoms with Gasteiger partial charge >= 0.3 is 0 Å². The summed E-state index contributed by atoms with van der Waals surface area (Å²) in [6.07, 6.45) is 1.01. The van der Waals surface area contributed by atoms with Crippen LogP contribution in [0.1, 0.15) is 5.01 Å². The van der Waals surface area contributed by atoms with Crippen LogP contribution in [0, 0.1) is 0 Å². The van der Waals surface area contributed by atoms with Gasteiger partial charge in [-0.2, -0.15) is 0 Å². The number of thiazole rings is 1. The van der Waals surface area contributed by atoms with Crippen molar-refractivity contribution in [3.8, 4) is 11.3 Å². The van der Waals surface area contributed by atoms with Crippen LogP contribution in [-0.4, -0.2) is 18.6 Å². The molecule has 0 amide bonds. The van der Waals surface area contributed by atoms with Gasteiger partial charge < -0.3 is 5.32 Å². The first-order chi connectivity index (χ1) is 7.40. The Bertz CT molecular complexity index is 409. The molecule has 0 spiro atoms. The first-order valence-electron chi connectivity index (χ1n) is 5.04. The predicted molar refractivity (Wildman–Crippen MR) is 65.2 cm³/mol. The van der Waals surface area contributed by atoms with Crippen molar-refractivity contribution in [3.05, 3.63) is 40.7 Å². The third kappa shape index (κ3) is 2.64. The molecule has 2 rings (SSSR count). The maximum absolute atomic E-state index is 4.60. The molecule has 0 aliphatic heterocycles. The van der Waals surface area contributed by atoms with E-state index in [1.54, 1.807) is 11.3 Å². The number of benzene rings is 1. The molecule has 0 radical (unpaired) electrons. The average molecular weight is 218 g/mol. The molecule has 0 aliphatic rings. The summed E-state index contributed by atoms with van der Waals surface area (Å²) >= 11 is 1.73. The van der Waals surface area contributed by atoms with Crippen LogP contribution in [-0.2, 0) is 6.42 Å². The van der Waals surface area contributed by atoms with Gasteiger partial charge in [-0.05, 0) is 7.05 Å². The van der Waals surface area contributed by atoms with Crippen LogP contribution in [0.4, 0.5) is 0 Å². The lowest BCUT2D eigenvalue weighted by Crippen LogP contribution is -2.09. The van der Waals surface area contributed by atoms with E-state index in [0.29, 0.717) is 0 Å². The number of rotatable bonds is 4. The molecule has 1 aromatic carbocycles. The molecule has 0 fully saturated rings. The second-order valence-corrected chi connectivity index (χ2v) is 4.29. The Hall–Kier alpha value is -1.19. The number of nitrogens with one attached hydrogen (secondary N) is 1. The van der Waals surface area contributed by atoms with E-state index in [-0.39, 0.29) is 0 Å². The summed E-state index contributed by atoms with van der Waals surface area (Å²) in [7, 11) is 1.96. The molecule has 3 heteroatoms. The average Bonchev–Trinajstić information content (AvgIpc) is 2.76. The van der Waals surface area contributed by atoms with E-state index in [4.69, 9.17) is 0 Å².